The number of hydrogen-bond donors (Lipinski definition) is 0. The van der Waals surface area contributed by atoms with Gasteiger partial charge in [0.2, 0.25) is 0 Å². The predicted molar refractivity (Wildman–Crippen MR) is 158 cm³/mol. The van der Waals surface area contributed by atoms with E-state index in [1.807, 2.05) is 0 Å². The maximum Gasteiger partial charge on any atom is 0.0110 e. The molecule has 36 heavy (non-hydrogen) atoms. The fourth-order valence-corrected chi connectivity index (χ4v) is 5.52. The molecule has 2 rings (SSSR count). The molecule has 0 aromatic heterocycles. The van der Waals surface area contributed by atoms with Crippen LogP contribution in [0.2, 0.25) is 0 Å². The molecule has 2 saturated heterocycles. The molecule has 0 saturated carbocycles. The molecule has 214 valence electrons. The van der Waals surface area contributed by atoms with Gasteiger partial charge in [-0.3, -0.25) is 9.80 Å². The highest BCUT2D eigenvalue weighted by molar-refractivity contribution is 4.76. The summed E-state index contributed by atoms with van der Waals surface area (Å²) in [5.41, 5.74) is 0. The van der Waals surface area contributed by atoms with Crippen molar-refractivity contribution in [2.24, 2.45) is 0 Å². The Balaban J connectivity index is 1.93. The van der Waals surface area contributed by atoms with Crippen molar-refractivity contribution in [3.63, 3.8) is 0 Å². The fourth-order valence-electron chi connectivity index (χ4n) is 5.52. The lowest BCUT2D eigenvalue weighted by Crippen LogP contribution is -2.43. The largest absolute Gasteiger partial charge is 0.301 e. The van der Waals surface area contributed by atoms with E-state index in [9.17, 15) is 0 Å². The van der Waals surface area contributed by atoms with E-state index in [2.05, 4.69) is 57.1 Å². The zero-order valence-corrected chi connectivity index (χ0v) is 25.1. The van der Waals surface area contributed by atoms with Gasteiger partial charge in [0.1, 0.15) is 0 Å². The highest BCUT2D eigenvalue weighted by atomic mass is 15.3. The second-order valence-corrected chi connectivity index (χ2v) is 11.5. The van der Waals surface area contributed by atoms with E-state index in [0.29, 0.717) is 0 Å². The Kier molecular flexibility index (Phi) is 18.4. The Morgan fingerprint density at radius 1 is 0.278 bits per heavy atom. The van der Waals surface area contributed by atoms with Crippen LogP contribution in [0.4, 0.5) is 0 Å². The summed E-state index contributed by atoms with van der Waals surface area (Å²) < 4.78 is 0. The second kappa shape index (κ2) is 20.7. The summed E-state index contributed by atoms with van der Waals surface area (Å²) >= 11 is 0. The lowest BCUT2D eigenvalue weighted by molar-refractivity contribution is 0.166. The predicted octanol–water partition coefficient (Wildman–Crippen LogP) is 4.03. The number of rotatable bonds is 15. The number of nitrogens with zero attached hydrogens (tertiary/aromatic N) is 6. The molecule has 0 bridgehead atoms. The third kappa shape index (κ3) is 14.1. The minimum absolute atomic E-state index is 1.23. The van der Waals surface area contributed by atoms with Gasteiger partial charge in [-0.2, -0.15) is 0 Å². The monoisotopic (exact) mass is 509 g/mol. The van der Waals surface area contributed by atoms with E-state index >= 15 is 0 Å². The van der Waals surface area contributed by atoms with E-state index in [4.69, 9.17) is 0 Å². The lowest BCUT2D eigenvalue weighted by Gasteiger charge is -2.30. The third-order valence-electron chi connectivity index (χ3n) is 8.44. The van der Waals surface area contributed by atoms with E-state index in [1.54, 1.807) is 0 Å². The van der Waals surface area contributed by atoms with Gasteiger partial charge in [-0.05, 0) is 51.9 Å². The maximum atomic E-state index is 2.79. The standard InChI is InChI=1S/C30H64N6/c1-5-9-13-31-17-18-32(14-10-6-2)22-26-35(25-21-31)29-30-36-27-23-33(15-11-7-3)19-20-34(24-28-36)16-12-8-4/h5-30H2,1-4H3. The molecule has 2 aliphatic rings. The van der Waals surface area contributed by atoms with Gasteiger partial charge >= 0.3 is 0 Å². The van der Waals surface area contributed by atoms with Gasteiger partial charge in [0, 0.05) is 91.6 Å². The van der Waals surface area contributed by atoms with Crippen LogP contribution >= 0.6 is 0 Å². The van der Waals surface area contributed by atoms with Crippen LogP contribution in [0.15, 0.2) is 0 Å². The molecule has 0 amide bonds. The summed E-state index contributed by atoms with van der Waals surface area (Å²) in [4.78, 5) is 16.6. The van der Waals surface area contributed by atoms with Gasteiger partial charge < -0.3 is 19.6 Å². The van der Waals surface area contributed by atoms with Gasteiger partial charge in [0.15, 0.2) is 0 Å². The van der Waals surface area contributed by atoms with Crippen LogP contribution in [0.3, 0.4) is 0 Å². The van der Waals surface area contributed by atoms with Gasteiger partial charge in [-0.15, -0.1) is 0 Å². The van der Waals surface area contributed by atoms with E-state index < -0.39 is 0 Å². The van der Waals surface area contributed by atoms with Crippen LogP contribution in [-0.4, -0.2) is 147 Å². The molecule has 0 N–H and O–H groups in total. The second-order valence-electron chi connectivity index (χ2n) is 11.5. The summed E-state index contributed by atoms with van der Waals surface area (Å²) in [5, 5.41) is 0. The van der Waals surface area contributed by atoms with E-state index in [0.717, 1.165) is 0 Å². The molecule has 0 spiro atoms. The summed E-state index contributed by atoms with van der Waals surface area (Å²) in [7, 11) is 0. The lowest BCUT2D eigenvalue weighted by atomic mass is 10.3. The van der Waals surface area contributed by atoms with Crippen LogP contribution in [0.25, 0.3) is 0 Å². The maximum absolute atomic E-state index is 2.79. The Hall–Kier alpha value is -0.240. The van der Waals surface area contributed by atoms with Crippen molar-refractivity contribution in [1.29, 1.82) is 0 Å². The molecule has 0 aliphatic carbocycles. The van der Waals surface area contributed by atoms with E-state index in [-0.39, 0.29) is 0 Å². The normalized spacial score (nSPS) is 22.0. The van der Waals surface area contributed by atoms with E-state index in [1.165, 1.54) is 169 Å². The van der Waals surface area contributed by atoms with Crippen molar-refractivity contribution in [2.75, 3.05) is 118 Å². The first kappa shape index (κ1) is 32.0. The quantitative estimate of drug-likeness (QED) is 0.330. The molecule has 2 heterocycles. The fraction of sp³-hybridized carbons (Fsp3) is 1.00. The zero-order valence-electron chi connectivity index (χ0n) is 25.1. The first-order valence-corrected chi connectivity index (χ1v) is 16.0. The smallest absolute Gasteiger partial charge is 0.0110 e. The summed E-state index contributed by atoms with van der Waals surface area (Å²) in [6, 6.07) is 0. The Morgan fingerprint density at radius 3 is 0.611 bits per heavy atom. The molecule has 0 radical (unpaired) electrons. The first-order chi connectivity index (χ1) is 17.7. The topological polar surface area (TPSA) is 19.4 Å². The number of unbranched alkanes of at least 4 members (excludes halogenated alkanes) is 4. The Labute approximate surface area is 226 Å². The SMILES string of the molecule is CCCCN1CCN(CCCC)CCN(CCN2CCN(CCCC)CCN(CCCC)CC2)CC1. The molecule has 0 aromatic rings. The molecule has 0 unspecified atom stereocenters. The van der Waals surface area contributed by atoms with Gasteiger partial charge in [-0.1, -0.05) is 53.4 Å². The van der Waals surface area contributed by atoms with Crippen molar-refractivity contribution in [3.05, 3.63) is 0 Å². The first-order valence-electron chi connectivity index (χ1n) is 16.0. The molecule has 6 heteroatoms. The summed E-state index contributed by atoms with van der Waals surface area (Å²) in [6.07, 6.45) is 10.6. The average molecular weight is 509 g/mol. The van der Waals surface area contributed by atoms with Gasteiger partial charge in [0.05, 0.1) is 0 Å². The van der Waals surface area contributed by atoms with Crippen LogP contribution in [0, 0.1) is 0 Å². The molecular formula is C30H64N6. The van der Waals surface area contributed by atoms with Crippen molar-refractivity contribution < 1.29 is 0 Å². The van der Waals surface area contributed by atoms with Crippen molar-refractivity contribution >= 4 is 0 Å². The van der Waals surface area contributed by atoms with Crippen LogP contribution in [0.5, 0.6) is 0 Å². The Morgan fingerprint density at radius 2 is 0.444 bits per heavy atom. The molecule has 2 fully saturated rings. The Bertz CT molecular complexity index is 420. The highest BCUT2D eigenvalue weighted by Crippen LogP contribution is 2.07. The molecule has 2 aliphatic heterocycles. The summed E-state index contributed by atoms with van der Waals surface area (Å²) in [6.45, 7) is 31.8. The molecular weight excluding hydrogens is 444 g/mol. The van der Waals surface area contributed by atoms with Crippen LogP contribution < -0.4 is 0 Å². The van der Waals surface area contributed by atoms with Gasteiger partial charge in [-0.25, -0.2) is 0 Å². The zero-order chi connectivity index (χ0) is 25.8. The van der Waals surface area contributed by atoms with Gasteiger partial charge in [0.25, 0.3) is 0 Å². The molecule has 0 atom stereocenters. The van der Waals surface area contributed by atoms with Crippen molar-refractivity contribution in [2.45, 2.75) is 79.1 Å². The third-order valence-corrected chi connectivity index (χ3v) is 8.44. The van der Waals surface area contributed by atoms with Crippen LogP contribution in [0.1, 0.15) is 79.1 Å². The highest BCUT2D eigenvalue weighted by Gasteiger charge is 2.19. The summed E-state index contributed by atoms with van der Waals surface area (Å²) in [5.74, 6) is 0. The number of hydrogen-bond acceptors (Lipinski definition) is 6. The minimum atomic E-state index is 1.23. The average Bonchev–Trinajstić information content (AvgIpc) is 3.05. The molecule has 6 nitrogen and oxygen atoms in total. The minimum Gasteiger partial charge on any atom is -0.301 e. The van der Waals surface area contributed by atoms with Crippen molar-refractivity contribution in [1.82, 2.24) is 29.4 Å². The molecule has 0 aromatic carbocycles. The van der Waals surface area contributed by atoms with Crippen LogP contribution in [-0.2, 0) is 0 Å². The van der Waals surface area contributed by atoms with Crippen molar-refractivity contribution in [3.8, 4) is 0 Å².